The fraction of sp³-hybridized carbons (Fsp3) is 0.217. The largest absolute Gasteiger partial charge is 0.394 e. The van der Waals surface area contributed by atoms with Crippen molar-refractivity contribution in [2.75, 3.05) is 26.4 Å². The Kier molecular flexibility index (Phi) is 7.02. The maximum Gasteiger partial charge on any atom is 0.143 e. The van der Waals surface area contributed by atoms with Crippen LogP contribution in [0.1, 0.15) is 16.7 Å². The van der Waals surface area contributed by atoms with E-state index in [1.165, 1.54) is 0 Å². The highest BCUT2D eigenvalue weighted by Crippen LogP contribution is 2.40. The van der Waals surface area contributed by atoms with Crippen LogP contribution >= 0.6 is 11.6 Å². The van der Waals surface area contributed by atoms with Gasteiger partial charge in [-0.25, -0.2) is 0 Å². The van der Waals surface area contributed by atoms with Gasteiger partial charge in [-0.3, -0.25) is 0 Å². The molecular weight excluding hydrogens is 360 g/mol. The summed E-state index contributed by atoms with van der Waals surface area (Å²) in [6.07, 6.45) is 0. The third-order valence-electron chi connectivity index (χ3n) is 4.39. The van der Waals surface area contributed by atoms with Crippen LogP contribution in [0.3, 0.4) is 0 Å². The van der Waals surface area contributed by atoms with Gasteiger partial charge < -0.3 is 14.6 Å². The van der Waals surface area contributed by atoms with Gasteiger partial charge in [0.25, 0.3) is 0 Å². The number of ether oxygens (including phenoxy) is 2. The van der Waals surface area contributed by atoms with E-state index in [1.54, 1.807) is 0 Å². The molecular formula is C23H23ClO3. The second kappa shape index (κ2) is 9.67. The second-order valence-electron chi connectivity index (χ2n) is 6.10. The number of rotatable bonds is 9. The van der Waals surface area contributed by atoms with Crippen molar-refractivity contribution in [3.8, 4) is 0 Å². The molecule has 0 heterocycles. The summed E-state index contributed by atoms with van der Waals surface area (Å²) in [5.41, 5.74) is 2.27. The standard InChI is InChI=1S/C23H23ClO3/c24-22-13-11-21(12-14-22)23(19-7-3-1-4-8-19,20-9-5-2-6-10-20)27-18-17-26-16-15-25/h1-14,25H,15-18H2. The molecule has 27 heavy (non-hydrogen) atoms. The summed E-state index contributed by atoms with van der Waals surface area (Å²) in [5.74, 6) is 0. The molecule has 0 unspecified atom stereocenters. The predicted molar refractivity (Wildman–Crippen MR) is 108 cm³/mol. The average molecular weight is 383 g/mol. The lowest BCUT2D eigenvalue weighted by Gasteiger charge is -2.36. The molecule has 3 aromatic carbocycles. The minimum atomic E-state index is -0.782. The van der Waals surface area contributed by atoms with Crippen molar-refractivity contribution in [1.82, 2.24) is 0 Å². The molecule has 0 aromatic heterocycles. The Bertz CT molecular complexity index is 765. The van der Waals surface area contributed by atoms with Gasteiger partial charge in [0, 0.05) is 5.02 Å². The lowest BCUT2D eigenvalue weighted by molar-refractivity contribution is -0.0282. The minimum Gasteiger partial charge on any atom is -0.394 e. The summed E-state index contributed by atoms with van der Waals surface area (Å²) in [4.78, 5) is 0. The molecule has 0 bridgehead atoms. The van der Waals surface area contributed by atoms with E-state index in [4.69, 9.17) is 26.2 Å². The molecule has 0 aliphatic rings. The highest BCUT2D eigenvalue weighted by Gasteiger charge is 2.37. The summed E-state index contributed by atoms with van der Waals surface area (Å²) in [5, 5.41) is 9.59. The molecule has 140 valence electrons. The Morgan fingerprint density at radius 3 is 1.70 bits per heavy atom. The highest BCUT2D eigenvalue weighted by atomic mass is 35.5. The van der Waals surface area contributed by atoms with E-state index in [1.807, 2.05) is 60.7 Å². The number of aliphatic hydroxyl groups excluding tert-OH is 1. The van der Waals surface area contributed by atoms with E-state index in [2.05, 4.69) is 24.3 Å². The van der Waals surface area contributed by atoms with Crippen molar-refractivity contribution in [3.63, 3.8) is 0 Å². The van der Waals surface area contributed by atoms with E-state index < -0.39 is 5.60 Å². The molecule has 3 rings (SSSR count). The van der Waals surface area contributed by atoms with E-state index in [0.717, 1.165) is 16.7 Å². The highest BCUT2D eigenvalue weighted by molar-refractivity contribution is 6.30. The first kappa shape index (κ1) is 19.6. The number of halogens is 1. The van der Waals surface area contributed by atoms with E-state index in [9.17, 15) is 0 Å². The number of hydrogen-bond acceptors (Lipinski definition) is 3. The zero-order valence-electron chi connectivity index (χ0n) is 15.1. The summed E-state index contributed by atoms with van der Waals surface area (Å²) in [6, 6.07) is 28.0. The molecule has 3 aromatic rings. The molecule has 4 heteroatoms. The normalized spacial score (nSPS) is 11.5. The first-order valence-electron chi connectivity index (χ1n) is 8.97. The number of benzene rings is 3. The average Bonchev–Trinajstić information content (AvgIpc) is 2.73. The first-order chi connectivity index (χ1) is 13.3. The van der Waals surface area contributed by atoms with Crippen LogP contribution in [-0.2, 0) is 15.1 Å². The lowest BCUT2D eigenvalue weighted by Crippen LogP contribution is -2.34. The van der Waals surface area contributed by atoms with Crippen LogP contribution in [0.2, 0.25) is 5.02 Å². The molecule has 0 radical (unpaired) electrons. The van der Waals surface area contributed by atoms with Gasteiger partial charge in [0.1, 0.15) is 5.60 Å². The number of hydrogen-bond donors (Lipinski definition) is 1. The number of aliphatic hydroxyl groups is 1. The Hall–Kier alpha value is -2.17. The van der Waals surface area contributed by atoms with Gasteiger partial charge in [0.15, 0.2) is 0 Å². The Morgan fingerprint density at radius 1 is 0.667 bits per heavy atom. The zero-order valence-corrected chi connectivity index (χ0v) is 15.8. The lowest BCUT2D eigenvalue weighted by atomic mass is 9.80. The maximum absolute atomic E-state index is 8.91. The molecule has 0 amide bonds. The predicted octanol–water partition coefficient (Wildman–Crippen LogP) is 4.66. The van der Waals surface area contributed by atoms with E-state index in [0.29, 0.717) is 24.8 Å². The molecule has 0 spiro atoms. The summed E-state index contributed by atoms with van der Waals surface area (Å²) >= 11 is 6.13. The molecule has 0 fully saturated rings. The van der Waals surface area contributed by atoms with Gasteiger partial charge in [0.2, 0.25) is 0 Å². The van der Waals surface area contributed by atoms with E-state index >= 15 is 0 Å². The summed E-state index contributed by atoms with van der Waals surface area (Å²) in [7, 11) is 0. The fourth-order valence-electron chi connectivity index (χ4n) is 3.20. The van der Waals surface area contributed by atoms with Gasteiger partial charge >= 0.3 is 0 Å². The van der Waals surface area contributed by atoms with Crippen molar-refractivity contribution in [1.29, 1.82) is 0 Å². The van der Waals surface area contributed by atoms with E-state index in [-0.39, 0.29) is 6.61 Å². The minimum absolute atomic E-state index is 0.000300. The molecule has 0 aliphatic carbocycles. The molecule has 1 N–H and O–H groups in total. The van der Waals surface area contributed by atoms with Crippen LogP contribution in [0.5, 0.6) is 0 Å². The van der Waals surface area contributed by atoms with Crippen molar-refractivity contribution in [2.45, 2.75) is 5.60 Å². The van der Waals surface area contributed by atoms with Gasteiger partial charge in [-0.1, -0.05) is 84.4 Å². The van der Waals surface area contributed by atoms with Crippen molar-refractivity contribution < 1.29 is 14.6 Å². The monoisotopic (exact) mass is 382 g/mol. The second-order valence-corrected chi connectivity index (χ2v) is 6.54. The van der Waals surface area contributed by atoms with Gasteiger partial charge in [-0.05, 0) is 28.8 Å². The maximum atomic E-state index is 8.91. The zero-order chi connectivity index (χ0) is 19.0. The Balaban J connectivity index is 2.08. The van der Waals surface area contributed by atoms with Crippen molar-refractivity contribution >= 4 is 11.6 Å². The smallest absolute Gasteiger partial charge is 0.143 e. The first-order valence-corrected chi connectivity index (χ1v) is 9.35. The van der Waals surface area contributed by atoms with Crippen LogP contribution < -0.4 is 0 Å². The molecule has 0 aliphatic heterocycles. The quantitative estimate of drug-likeness (QED) is 0.432. The van der Waals surface area contributed by atoms with Crippen molar-refractivity contribution in [2.24, 2.45) is 0 Å². The Labute approximate surface area is 165 Å². The van der Waals surface area contributed by atoms with Crippen molar-refractivity contribution in [3.05, 3.63) is 107 Å². The van der Waals surface area contributed by atoms with Gasteiger partial charge in [-0.15, -0.1) is 0 Å². The third-order valence-corrected chi connectivity index (χ3v) is 4.65. The topological polar surface area (TPSA) is 38.7 Å². The molecule has 0 saturated heterocycles. The van der Waals surface area contributed by atoms with Gasteiger partial charge in [-0.2, -0.15) is 0 Å². The fourth-order valence-corrected chi connectivity index (χ4v) is 3.33. The third kappa shape index (κ3) is 4.57. The van der Waals surface area contributed by atoms with Crippen LogP contribution in [0.4, 0.5) is 0 Å². The van der Waals surface area contributed by atoms with Crippen LogP contribution in [0, 0.1) is 0 Å². The molecule has 0 saturated carbocycles. The van der Waals surface area contributed by atoms with Crippen LogP contribution in [0.25, 0.3) is 0 Å². The molecule has 0 atom stereocenters. The Morgan fingerprint density at radius 2 is 1.19 bits per heavy atom. The SMILES string of the molecule is OCCOCCOC(c1ccccc1)(c1ccccc1)c1ccc(Cl)cc1. The van der Waals surface area contributed by atoms with Gasteiger partial charge in [0.05, 0.1) is 26.4 Å². The summed E-state index contributed by atoms with van der Waals surface area (Å²) < 4.78 is 11.9. The molecule has 3 nitrogen and oxygen atoms in total. The summed E-state index contributed by atoms with van der Waals surface area (Å²) in [6.45, 7) is 1.08. The van der Waals surface area contributed by atoms with Crippen LogP contribution in [-0.4, -0.2) is 31.5 Å². The van der Waals surface area contributed by atoms with Crippen LogP contribution in [0.15, 0.2) is 84.9 Å².